The minimum absolute atomic E-state index is 0.306. The zero-order valence-electron chi connectivity index (χ0n) is 18.1. The molecule has 0 spiro atoms. The fourth-order valence-corrected chi connectivity index (χ4v) is 4.02. The Morgan fingerprint density at radius 2 is 1.73 bits per heavy atom. The van der Waals surface area contributed by atoms with Gasteiger partial charge in [0.25, 0.3) is 5.91 Å². The molecule has 0 aliphatic carbocycles. The van der Waals surface area contributed by atoms with E-state index in [1.807, 2.05) is 12.1 Å². The van der Waals surface area contributed by atoms with Gasteiger partial charge in [-0.15, -0.1) is 0 Å². The third-order valence-corrected chi connectivity index (χ3v) is 5.78. The molecule has 9 heteroatoms. The van der Waals surface area contributed by atoms with Crippen LogP contribution in [0.25, 0.3) is 10.2 Å². The van der Waals surface area contributed by atoms with Crippen molar-refractivity contribution in [1.29, 1.82) is 0 Å². The lowest BCUT2D eigenvalue weighted by atomic mass is 10.2. The van der Waals surface area contributed by atoms with E-state index in [0.29, 0.717) is 38.2 Å². The third-order valence-electron chi connectivity index (χ3n) is 4.78. The maximum Gasteiger partial charge on any atom is 0.280 e. The number of hydrazone groups is 1. The molecular formula is C24H20FN3O4S. The van der Waals surface area contributed by atoms with Gasteiger partial charge in [0, 0.05) is 5.56 Å². The number of carbonyl (C=O) groups is 1. The summed E-state index contributed by atoms with van der Waals surface area (Å²) in [7, 11) is 4.60. The van der Waals surface area contributed by atoms with Crippen LogP contribution in [0.5, 0.6) is 17.2 Å². The minimum atomic E-state index is -0.430. The Morgan fingerprint density at radius 1 is 0.970 bits per heavy atom. The molecule has 0 bridgehead atoms. The fraction of sp³-hybridized carbons (Fsp3) is 0.125. The molecule has 4 aromatic rings. The van der Waals surface area contributed by atoms with Crippen molar-refractivity contribution in [2.45, 2.75) is 0 Å². The Bertz CT molecular complexity index is 1320. The van der Waals surface area contributed by atoms with Crippen LogP contribution in [0.2, 0.25) is 0 Å². The van der Waals surface area contributed by atoms with Crippen LogP contribution in [-0.4, -0.2) is 38.4 Å². The average Bonchev–Trinajstić information content (AvgIpc) is 3.26. The molecule has 0 unspecified atom stereocenters. The molecule has 7 nitrogen and oxygen atoms in total. The van der Waals surface area contributed by atoms with Gasteiger partial charge in [0.05, 0.1) is 37.8 Å². The molecule has 33 heavy (non-hydrogen) atoms. The van der Waals surface area contributed by atoms with Crippen molar-refractivity contribution in [1.82, 2.24) is 4.98 Å². The minimum Gasteiger partial charge on any atom is -0.497 e. The van der Waals surface area contributed by atoms with Gasteiger partial charge in [0.1, 0.15) is 11.6 Å². The summed E-state index contributed by atoms with van der Waals surface area (Å²) in [5, 5.41) is 5.91. The van der Waals surface area contributed by atoms with Crippen molar-refractivity contribution in [3.05, 3.63) is 77.6 Å². The van der Waals surface area contributed by atoms with E-state index in [1.165, 1.54) is 42.7 Å². The molecule has 0 aliphatic heterocycles. The summed E-state index contributed by atoms with van der Waals surface area (Å²) in [6, 6.07) is 16.3. The van der Waals surface area contributed by atoms with Crippen LogP contribution in [0, 0.1) is 5.82 Å². The highest BCUT2D eigenvalue weighted by molar-refractivity contribution is 7.22. The van der Waals surface area contributed by atoms with Crippen molar-refractivity contribution in [3.8, 4) is 17.2 Å². The molecule has 0 fully saturated rings. The summed E-state index contributed by atoms with van der Waals surface area (Å²) in [5.74, 6) is 0.808. The number of amides is 1. The normalized spacial score (nSPS) is 11.0. The number of hydrogen-bond donors (Lipinski definition) is 0. The number of rotatable bonds is 7. The van der Waals surface area contributed by atoms with Crippen molar-refractivity contribution >= 4 is 38.8 Å². The number of carbonyl (C=O) groups excluding carboxylic acids is 1. The quantitative estimate of drug-likeness (QED) is 0.279. The van der Waals surface area contributed by atoms with Gasteiger partial charge in [-0.2, -0.15) is 10.1 Å². The maximum absolute atomic E-state index is 13.7. The Labute approximate surface area is 193 Å². The van der Waals surface area contributed by atoms with E-state index in [-0.39, 0.29) is 5.82 Å². The fourth-order valence-electron chi connectivity index (χ4n) is 3.07. The molecule has 0 radical (unpaired) electrons. The van der Waals surface area contributed by atoms with Crippen LogP contribution in [0.3, 0.4) is 0 Å². The first kappa shape index (κ1) is 22.2. The topological polar surface area (TPSA) is 73.2 Å². The predicted octanol–water partition coefficient (Wildman–Crippen LogP) is 5.14. The van der Waals surface area contributed by atoms with E-state index in [0.717, 1.165) is 5.56 Å². The highest BCUT2D eigenvalue weighted by Gasteiger charge is 2.22. The second-order valence-corrected chi connectivity index (χ2v) is 7.82. The van der Waals surface area contributed by atoms with E-state index in [2.05, 4.69) is 10.1 Å². The first-order valence-corrected chi connectivity index (χ1v) is 10.6. The van der Waals surface area contributed by atoms with Gasteiger partial charge in [0.2, 0.25) is 5.13 Å². The van der Waals surface area contributed by atoms with E-state index < -0.39 is 5.91 Å². The van der Waals surface area contributed by atoms with Gasteiger partial charge < -0.3 is 14.2 Å². The summed E-state index contributed by atoms with van der Waals surface area (Å²) < 4.78 is 30.0. The van der Waals surface area contributed by atoms with Crippen molar-refractivity contribution < 1.29 is 23.4 Å². The van der Waals surface area contributed by atoms with Gasteiger partial charge >= 0.3 is 0 Å². The summed E-state index contributed by atoms with van der Waals surface area (Å²) in [6.45, 7) is 0. The molecule has 0 saturated heterocycles. The average molecular weight is 466 g/mol. The largest absolute Gasteiger partial charge is 0.497 e. The summed E-state index contributed by atoms with van der Waals surface area (Å²) >= 11 is 1.17. The number of hydrogen-bond acceptors (Lipinski definition) is 7. The Balaban J connectivity index is 1.75. The lowest BCUT2D eigenvalue weighted by Crippen LogP contribution is -2.25. The molecule has 0 saturated carbocycles. The predicted molar refractivity (Wildman–Crippen MR) is 127 cm³/mol. The number of nitrogens with zero attached hydrogens (tertiary/aromatic N) is 3. The standard InChI is InChI=1S/C24H20FN3O4S/c1-30-18-8-4-15(5-9-18)14-26-28(24-27-19-10-7-17(25)13-22(19)33-24)23(29)16-6-11-20(31-2)21(12-16)32-3/h4-14H,1-3H3/b26-14+. The van der Waals surface area contributed by atoms with Gasteiger partial charge in [-0.1, -0.05) is 11.3 Å². The molecule has 168 valence electrons. The summed E-state index contributed by atoms with van der Waals surface area (Å²) in [4.78, 5) is 18.0. The van der Waals surface area contributed by atoms with Crippen LogP contribution < -0.4 is 19.2 Å². The van der Waals surface area contributed by atoms with Crippen LogP contribution in [0.1, 0.15) is 15.9 Å². The number of fused-ring (bicyclic) bond motifs is 1. The Kier molecular flexibility index (Phi) is 6.50. The molecule has 1 aromatic heterocycles. The number of thiazole rings is 1. The second kappa shape index (κ2) is 9.66. The van der Waals surface area contributed by atoms with Gasteiger partial charge in [0.15, 0.2) is 11.5 Å². The monoisotopic (exact) mass is 465 g/mol. The summed E-state index contributed by atoms with van der Waals surface area (Å²) in [6.07, 6.45) is 1.55. The third kappa shape index (κ3) is 4.78. The second-order valence-electron chi connectivity index (χ2n) is 6.81. The van der Waals surface area contributed by atoms with Crippen LogP contribution in [0.15, 0.2) is 65.8 Å². The van der Waals surface area contributed by atoms with Gasteiger partial charge in [-0.25, -0.2) is 9.37 Å². The van der Waals surface area contributed by atoms with Gasteiger partial charge in [-0.3, -0.25) is 4.79 Å². The molecule has 1 amide bonds. The SMILES string of the molecule is COc1ccc(/C=N/N(C(=O)c2ccc(OC)c(OC)c2)c2nc3ccc(F)cc3s2)cc1. The molecule has 4 rings (SSSR count). The first-order chi connectivity index (χ1) is 16.0. The van der Waals surface area contributed by atoms with Crippen molar-refractivity contribution in [3.63, 3.8) is 0 Å². The smallest absolute Gasteiger partial charge is 0.280 e. The molecule has 0 N–H and O–H groups in total. The van der Waals surface area contributed by atoms with E-state index in [9.17, 15) is 9.18 Å². The van der Waals surface area contributed by atoms with E-state index in [1.54, 1.807) is 49.7 Å². The van der Waals surface area contributed by atoms with Crippen LogP contribution >= 0.6 is 11.3 Å². The molecule has 0 aliphatic rings. The Hall–Kier alpha value is -3.98. The number of ether oxygens (including phenoxy) is 3. The van der Waals surface area contributed by atoms with Crippen LogP contribution in [-0.2, 0) is 0 Å². The number of halogens is 1. The lowest BCUT2D eigenvalue weighted by molar-refractivity contribution is 0.0987. The molecule has 0 atom stereocenters. The maximum atomic E-state index is 13.7. The van der Waals surface area contributed by atoms with Gasteiger partial charge in [-0.05, 0) is 66.2 Å². The number of aromatic nitrogens is 1. The highest BCUT2D eigenvalue weighted by Crippen LogP contribution is 2.32. The summed E-state index contributed by atoms with van der Waals surface area (Å²) in [5.41, 5.74) is 1.65. The van der Waals surface area contributed by atoms with Crippen molar-refractivity contribution in [2.24, 2.45) is 5.10 Å². The number of anilines is 1. The van der Waals surface area contributed by atoms with Crippen LogP contribution in [0.4, 0.5) is 9.52 Å². The van der Waals surface area contributed by atoms with Crippen molar-refractivity contribution in [2.75, 3.05) is 26.3 Å². The molecular weight excluding hydrogens is 445 g/mol. The molecule has 1 heterocycles. The molecule has 3 aromatic carbocycles. The number of benzene rings is 3. The lowest BCUT2D eigenvalue weighted by Gasteiger charge is -2.15. The zero-order valence-corrected chi connectivity index (χ0v) is 18.9. The van der Waals surface area contributed by atoms with E-state index in [4.69, 9.17) is 14.2 Å². The Morgan fingerprint density at radius 3 is 2.42 bits per heavy atom. The number of methoxy groups -OCH3 is 3. The highest BCUT2D eigenvalue weighted by atomic mass is 32.1. The zero-order chi connectivity index (χ0) is 23.4. The first-order valence-electron chi connectivity index (χ1n) is 9.83. The van der Waals surface area contributed by atoms with E-state index >= 15 is 0 Å².